The predicted molar refractivity (Wildman–Crippen MR) is 119 cm³/mol. The molecule has 0 aliphatic heterocycles. The molecule has 0 unspecified atom stereocenters. The molecule has 0 aliphatic carbocycles. The summed E-state index contributed by atoms with van der Waals surface area (Å²) in [4.78, 5) is 21.0. The molecular weight excluding hydrogens is 460 g/mol. The van der Waals surface area contributed by atoms with Gasteiger partial charge in [-0.25, -0.2) is 18.6 Å². The van der Waals surface area contributed by atoms with E-state index in [4.69, 9.17) is 16.7 Å². The maximum atomic E-state index is 13.0. The van der Waals surface area contributed by atoms with Crippen molar-refractivity contribution in [3.8, 4) is 0 Å². The van der Waals surface area contributed by atoms with Crippen LogP contribution in [0.1, 0.15) is 15.9 Å². The molecule has 32 heavy (non-hydrogen) atoms. The molecule has 166 valence electrons. The van der Waals surface area contributed by atoms with Crippen molar-refractivity contribution in [3.05, 3.63) is 93.0 Å². The van der Waals surface area contributed by atoms with Crippen molar-refractivity contribution in [1.29, 1.82) is 0 Å². The third kappa shape index (κ3) is 5.52. The minimum atomic E-state index is -4.24. The van der Waals surface area contributed by atoms with Crippen LogP contribution in [0.3, 0.4) is 0 Å². The summed E-state index contributed by atoms with van der Waals surface area (Å²) in [6.07, 6.45) is 0. The summed E-state index contributed by atoms with van der Waals surface area (Å²) in [7, 11) is -4.24. The van der Waals surface area contributed by atoms with Crippen LogP contribution >= 0.6 is 11.6 Å². The van der Waals surface area contributed by atoms with Crippen molar-refractivity contribution >= 4 is 44.7 Å². The number of benzene rings is 3. The van der Waals surface area contributed by atoms with E-state index in [1.165, 1.54) is 36.4 Å². The lowest BCUT2D eigenvalue weighted by Gasteiger charge is -2.15. The number of halogens is 1. The molecule has 0 heterocycles. The molecule has 0 aromatic heterocycles. The standard InChI is InChI=1S/C20H17ClN4O6S/c21-16-3-1-2-4-17(16)24-32(30,31)19-11-15(25(28)29)9-10-18(19)23-22-12-13-5-7-14(8-6-13)20(26)27/h1-11,22-24H,12H2,(H,26,27). The number of carboxylic acid groups (broad SMARTS) is 1. The smallest absolute Gasteiger partial charge is 0.335 e. The van der Waals surface area contributed by atoms with Gasteiger partial charge in [0.25, 0.3) is 15.7 Å². The first kappa shape index (κ1) is 23.0. The Morgan fingerprint density at radius 3 is 2.34 bits per heavy atom. The zero-order valence-electron chi connectivity index (χ0n) is 16.3. The highest BCUT2D eigenvalue weighted by Gasteiger charge is 2.23. The van der Waals surface area contributed by atoms with Gasteiger partial charge < -0.3 is 10.5 Å². The van der Waals surface area contributed by atoms with E-state index in [0.717, 1.165) is 11.6 Å². The van der Waals surface area contributed by atoms with Crippen LogP contribution in [0.15, 0.2) is 71.6 Å². The number of anilines is 2. The number of nitrogens with one attached hydrogen (secondary N) is 3. The number of rotatable bonds is 9. The van der Waals surface area contributed by atoms with Gasteiger partial charge in [0, 0.05) is 18.7 Å². The van der Waals surface area contributed by atoms with Crippen LogP contribution in [0.2, 0.25) is 5.02 Å². The third-order valence-corrected chi connectivity index (χ3v) is 6.04. The van der Waals surface area contributed by atoms with E-state index in [1.807, 2.05) is 0 Å². The molecule has 0 amide bonds. The van der Waals surface area contributed by atoms with E-state index in [1.54, 1.807) is 24.3 Å². The summed E-state index contributed by atoms with van der Waals surface area (Å²) in [5, 5.41) is 20.3. The van der Waals surface area contributed by atoms with Crippen LogP contribution < -0.4 is 15.6 Å². The van der Waals surface area contributed by atoms with Crippen LogP contribution in [0, 0.1) is 10.1 Å². The summed E-state index contributed by atoms with van der Waals surface area (Å²) in [5.74, 6) is -1.05. The van der Waals surface area contributed by atoms with Gasteiger partial charge in [-0.2, -0.15) is 0 Å². The second-order valence-corrected chi connectivity index (χ2v) is 8.56. The van der Waals surface area contributed by atoms with Crippen molar-refractivity contribution < 1.29 is 23.2 Å². The Bertz CT molecular complexity index is 1270. The molecule has 0 saturated heterocycles. The highest BCUT2D eigenvalue weighted by atomic mass is 35.5. The van der Waals surface area contributed by atoms with Crippen molar-refractivity contribution in [3.63, 3.8) is 0 Å². The van der Waals surface area contributed by atoms with Crippen molar-refractivity contribution in [2.75, 3.05) is 10.1 Å². The van der Waals surface area contributed by atoms with E-state index in [-0.39, 0.29) is 33.4 Å². The molecule has 3 aromatic carbocycles. The zero-order chi connectivity index (χ0) is 23.3. The molecule has 0 saturated carbocycles. The molecule has 3 aromatic rings. The molecule has 12 heteroatoms. The van der Waals surface area contributed by atoms with Gasteiger partial charge in [-0.15, -0.1) is 0 Å². The fourth-order valence-electron chi connectivity index (χ4n) is 2.70. The third-order valence-electron chi connectivity index (χ3n) is 4.30. The Hall–Kier alpha value is -3.67. The number of aromatic carboxylic acids is 1. The first-order chi connectivity index (χ1) is 15.2. The Morgan fingerprint density at radius 2 is 1.72 bits per heavy atom. The summed E-state index contributed by atoms with van der Waals surface area (Å²) < 4.78 is 28.3. The SMILES string of the molecule is O=C(O)c1ccc(CNNc2ccc([N+](=O)[O-])cc2S(=O)(=O)Nc2ccccc2Cl)cc1. The lowest BCUT2D eigenvalue weighted by molar-refractivity contribution is -0.385. The first-order valence-electron chi connectivity index (χ1n) is 9.04. The molecule has 10 nitrogen and oxygen atoms in total. The Kier molecular flexibility index (Phi) is 6.93. The van der Waals surface area contributed by atoms with Crippen LogP contribution in [0.25, 0.3) is 0 Å². The Labute approximate surface area is 188 Å². The summed E-state index contributed by atoms with van der Waals surface area (Å²) in [6, 6.07) is 15.6. The molecule has 3 rings (SSSR count). The fourth-order valence-corrected chi connectivity index (χ4v) is 4.20. The average molecular weight is 477 g/mol. The maximum absolute atomic E-state index is 13.0. The molecule has 0 aliphatic rings. The van der Waals surface area contributed by atoms with Crippen LogP contribution in [-0.4, -0.2) is 24.4 Å². The minimum Gasteiger partial charge on any atom is -0.478 e. The number of carbonyl (C=O) groups is 1. The summed E-state index contributed by atoms with van der Waals surface area (Å²) in [5.41, 5.74) is 6.20. The first-order valence-corrected chi connectivity index (χ1v) is 10.9. The van der Waals surface area contributed by atoms with Gasteiger partial charge in [0.2, 0.25) is 0 Å². The van der Waals surface area contributed by atoms with E-state index in [0.29, 0.717) is 0 Å². The molecule has 0 spiro atoms. The molecule has 0 atom stereocenters. The van der Waals surface area contributed by atoms with Crippen molar-refractivity contribution in [2.24, 2.45) is 0 Å². The number of non-ortho nitro benzene ring substituents is 1. The predicted octanol–water partition coefficient (Wildman–Crippen LogP) is 3.86. The molecule has 0 fully saturated rings. The Balaban J connectivity index is 1.83. The van der Waals surface area contributed by atoms with E-state index in [2.05, 4.69) is 15.6 Å². The van der Waals surface area contributed by atoms with E-state index < -0.39 is 26.6 Å². The quantitative estimate of drug-likeness (QED) is 0.268. The molecule has 0 radical (unpaired) electrons. The lowest BCUT2D eigenvalue weighted by Crippen LogP contribution is -2.24. The summed E-state index contributed by atoms with van der Waals surface area (Å²) >= 11 is 6.02. The highest BCUT2D eigenvalue weighted by molar-refractivity contribution is 7.93. The van der Waals surface area contributed by atoms with Crippen molar-refractivity contribution in [2.45, 2.75) is 11.4 Å². The van der Waals surface area contributed by atoms with Gasteiger partial charge in [-0.1, -0.05) is 35.9 Å². The van der Waals surface area contributed by atoms with Crippen molar-refractivity contribution in [1.82, 2.24) is 5.43 Å². The molecule has 4 N–H and O–H groups in total. The average Bonchev–Trinajstić information content (AvgIpc) is 2.75. The number of hydrogen-bond donors (Lipinski definition) is 4. The number of nitrogens with zero attached hydrogens (tertiary/aromatic N) is 1. The topological polar surface area (TPSA) is 151 Å². The van der Waals surface area contributed by atoms with Crippen LogP contribution in [0.4, 0.5) is 17.1 Å². The van der Waals surface area contributed by atoms with Gasteiger partial charge in [-0.3, -0.25) is 14.8 Å². The largest absolute Gasteiger partial charge is 0.478 e. The van der Waals surface area contributed by atoms with E-state index in [9.17, 15) is 23.3 Å². The van der Waals surface area contributed by atoms with Gasteiger partial charge in [0.1, 0.15) is 4.90 Å². The number of para-hydroxylation sites is 1. The van der Waals surface area contributed by atoms with Crippen LogP contribution in [-0.2, 0) is 16.6 Å². The van der Waals surface area contributed by atoms with Crippen LogP contribution in [0.5, 0.6) is 0 Å². The number of carboxylic acids is 1. The highest BCUT2D eigenvalue weighted by Crippen LogP contribution is 2.30. The molecular formula is C20H17ClN4O6S. The van der Waals surface area contributed by atoms with Gasteiger partial charge in [0.15, 0.2) is 0 Å². The second kappa shape index (κ2) is 9.64. The number of sulfonamides is 1. The molecule has 0 bridgehead atoms. The number of nitro groups is 1. The normalized spacial score (nSPS) is 11.0. The monoisotopic (exact) mass is 476 g/mol. The maximum Gasteiger partial charge on any atom is 0.335 e. The summed E-state index contributed by atoms with van der Waals surface area (Å²) in [6.45, 7) is 0.217. The lowest BCUT2D eigenvalue weighted by atomic mass is 10.1. The van der Waals surface area contributed by atoms with E-state index >= 15 is 0 Å². The minimum absolute atomic E-state index is 0.0670. The fraction of sp³-hybridized carbons (Fsp3) is 0.0500. The van der Waals surface area contributed by atoms with Gasteiger partial charge >= 0.3 is 5.97 Å². The second-order valence-electron chi connectivity index (χ2n) is 6.50. The zero-order valence-corrected chi connectivity index (χ0v) is 17.9. The van der Waals surface area contributed by atoms with Gasteiger partial charge in [0.05, 0.1) is 26.9 Å². The number of hydrogen-bond acceptors (Lipinski definition) is 7. The Morgan fingerprint density at radius 1 is 1.03 bits per heavy atom. The number of nitro benzene ring substituents is 1. The number of hydrazine groups is 1. The van der Waals surface area contributed by atoms with Gasteiger partial charge in [-0.05, 0) is 35.9 Å².